The molecule has 0 aliphatic carbocycles. The Kier molecular flexibility index (Phi) is 53.7. The first-order chi connectivity index (χ1) is 31.8. The number of ether oxygens (including phenoxy) is 9. The molecule has 0 bridgehead atoms. The lowest BCUT2D eigenvalue weighted by molar-refractivity contribution is -0.123. The minimum Gasteiger partial charge on any atom is -0.381 e. The van der Waals surface area contributed by atoms with Crippen LogP contribution in [0.25, 0.3) is 0 Å². The molecule has 0 rings (SSSR count). The van der Waals surface area contributed by atoms with Gasteiger partial charge in [0.15, 0.2) is 0 Å². The molecule has 402 valence electrons. The zero-order valence-corrected chi connectivity index (χ0v) is 45.5. The van der Waals surface area contributed by atoms with E-state index in [9.17, 15) is 14.4 Å². The van der Waals surface area contributed by atoms with Gasteiger partial charge in [0.2, 0.25) is 17.7 Å². The lowest BCUT2D eigenvalue weighted by Gasteiger charge is -2.18. The van der Waals surface area contributed by atoms with E-state index in [0.717, 1.165) is 78.1 Å². The summed E-state index contributed by atoms with van der Waals surface area (Å²) in [6.45, 7) is 40.8. The lowest BCUT2D eigenvalue weighted by atomic mass is 9.92. The van der Waals surface area contributed by atoms with E-state index in [0.29, 0.717) is 148 Å². The van der Waals surface area contributed by atoms with Gasteiger partial charge in [-0.2, -0.15) is 0 Å². The van der Waals surface area contributed by atoms with Crippen molar-refractivity contribution in [2.45, 2.75) is 148 Å². The molecule has 0 aromatic heterocycles. The van der Waals surface area contributed by atoms with E-state index in [4.69, 9.17) is 42.6 Å². The highest BCUT2D eigenvalue weighted by molar-refractivity contribution is 5.76. The molecule has 3 N–H and O–H groups in total. The average molecular weight is 966 g/mol. The molecule has 0 heterocycles. The van der Waals surface area contributed by atoms with Gasteiger partial charge in [0.25, 0.3) is 0 Å². The van der Waals surface area contributed by atoms with Crippen LogP contribution in [0, 0.1) is 35.0 Å². The third-order valence-corrected chi connectivity index (χ3v) is 9.44. The third-order valence-electron chi connectivity index (χ3n) is 9.44. The molecule has 0 atom stereocenters. The zero-order valence-electron chi connectivity index (χ0n) is 45.5. The monoisotopic (exact) mass is 966 g/mol. The molecule has 0 saturated heterocycles. The molecule has 15 nitrogen and oxygen atoms in total. The number of hydrogen-bond donors (Lipinski definition) is 3. The van der Waals surface area contributed by atoms with Crippen LogP contribution in [-0.2, 0) is 57.0 Å². The quantitative estimate of drug-likeness (QED) is 0.0500. The van der Waals surface area contributed by atoms with Crippen molar-refractivity contribution in [3.05, 3.63) is 0 Å². The number of amides is 3. The van der Waals surface area contributed by atoms with Gasteiger partial charge >= 0.3 is 0 Å². The van der Waals surface area contributed by atoms with Crippen molar-refractivity contribution in [1.29, 1.82) is 0 Å². The second kappa shape index (κ2) is 51.9. The summed E-state index contributed by atoms with van der Waals surface area (Å²) in [7, 11) is 0. The molecule has 0 aliphatic heterocycles. The fourth-order valence-electron chi connectivity index (χ4n) is 4.85. The van der Waals surface area contributed by atoms with Crippen molar-refractivity contribution in [3.8, 4) is 0 Å². The van der Waals surface area contributed by atoms with E-state index < -0.39 is 0 Å². The van der Waals surface area contributed by atoms with Crippen LogP contribution >= 0.6 is 0 Å². The van der Waals surface area contributed by atoms with Crippen LogP contribution in [0.3, 0.4) is 0 Å². The fraction of sp³-hybridized carbons (Fsp3) is 0.942. The van der Waals surface area contributed by atoms with Gasteiger partial charge in [-0.25, -0.2) is 0 Å². The molecule has 67 heavy (non-hydrogen) atoms. The van der Waals surface area contributed by atoms with Crippen molar-refractivity contribution < 1.29 is 57.0 Å². The molecule has 0 radical (unpaired) electrons. The second-order valence-corrected chi connectivity index (χ2v) is 20.0. The summed E-state index contributed by atoms with van der Waals surface area (Å²) in [6.07, 6.45) is 7.57. The van der Waals surface area contributed by atoms with Crippen LogP contribution in [0.1, 0.15) is 148 Å². The Morgan fingerprint density at radius 3 is 0.791 bits per heavy atom. The molecule has 0 fully saturated rings. The average Bonchev–Trinajstić information content (AvgIpc) is 3.23. The Labute approximate surface area is 411 Å². The summed E-state index contributed by atoms with van der Waals surface area (Å²) in [5.74, 6) is 3.39. The molecular weight excluding hydrogens is 859 g/mol. The normalized spacial score (nSPS) is 11.6. The molecule has 0 aromatic carbocycles. The number of carbonyl (C=O) groups is 3. The molecule has 0 saturated carbocycles. The van der Waals surface area contributed by atoms with Crippen molar-refractivity contribution in [2.24, 2.45) is 35.0 Å². The van der Waals surface area contributed by atoms with Crippen molar-refractivity contribution >= 4 is 17.7 Å². The van der Waals surface area contributed by atoms with Crippen molar-refractivity contribution in [1.82, 2.24) is 16.0 Å². The van der Waals surface area contributed by atoms with E-state index in [2.05, 4.69) is 106 Å². The first-order valence-corrected chi connectivity index (χ1v) is 25.8. The third kappa shape index (κ3) is 70.7. The Hall–Kier alpha value is -1.95. The Morgan fingerprint density at radius 2 is 0.522 bits per heavy atom. The van der Waals surface area contributed by atoms with Gasteiger partial charge < -0.3 is 58.6 Å². The highest BCUT2D eigenvalue weighted by Gasteiger charge is 2.10. The first kappa shape index (κ1) is 69.3. The maximum atomic E-state index is 11.7. The van der Waals surface area contributed by atoms with E-state index in [1.165, 1.54) is 0 Å². The molecule has 0 unspecified atom stereocenters. The number of nitrogens with one attached hydrogen (secondary N) is 3. The van der Waals surface area contributed by atoms with Gasteiger partial charge in [-0.1, -0.05) is 90.0 Å². The highest BCUT2D eigenvalue weighted by Crippen LogP contribution is 2.17. The first-order valence-electron chi connectivity index (χ1n) is 25.8. The molecule has 0 spiro atoms. The van der Waals surface area contributed by atoms with Crippen LogP contribution in [0.2, 0.25) is 0 Å². The molecule has 0 aromatic rings. The van der Waals surface area contributed by atoms with Crippen LogP contribution in [0.5, 0.6) is 0 Å². The highest BCUT2D eigenvalue weighted by atomic mass is 16.5. The molecule has 15 heteroatoms. The second-order valence-electron chi connectivity index (χ2n) is 20.0. The Balaban J connectivity index is -0.000000978. The Bertz CT molecular complexity index is 1060. The summed E-state index contributed by atoms with van der Waals surface area (Å²) < 4.78 is 48.8. The maximum Gasteiger partial charge on any atom is 0.222 e. The lowest BCUT2D eigenvalue weighted by Crippen LogP contribution is -2.28. The number of carbonyl (C=O) groups excluding carboxylic acids is 3. The standard InChI is InChI=1S/C23H47NO7.C15H31NO3.C14H29NO2/c1-21(2)5-9-26-13-17-30-19-15-28-11-7-23(25)24-8-12-29-16-20-31-18-14-27-10-6-22(3)4;1-13(2)5-9-18-11-7-15(17)16-8-12-19-10-6-14(3)4;1-12(2)6-10-17-11-7-13(16)15-9-8-14(3,4)5/h21-22H,5-20H2,1-4H3,(H,24,25);13-14H,5-12H2,1-4H3,(H,16,17);12H,6-11H2,1-5H3,(H,15,16). The molecule has 0 aliphatic rings. The number of rotatable bonds is 44. The summed E-state index contributed by atoms with van der Waals surface area (Å²) >= 11 is 0. The zero-order chi connectivity index (χ0) is 50.8. The van der Waals surface area contributed by atoms with Gasteiger partial charge in [0, 0.05) is 71.9 Å². The van der Waals surface area contributed by atoms with Crippen LogP contribution in [-0.4, -0.2) is 156 Å². The van der Waals surface area contributed by atoms with E-state index >= 15 is 0 Å². The predicted octanol–water partition coefficient (Wildman–Crippen LogP) is 8.29. The molecule has 3 amide bonds. The topological polar surface area (TPSA) is 170 Å². The van der Waals surface area contributed by atoms with E-state index in [1.54, 1.807) is 0 Å². The van der Waals surface area contributed by atoms with Crippen LogP contribution < -0.4 is 16.0 Å². The fourth-order valence-corrected chi connectivity index (χ4v) is 4.85. The van der Waals surface area contributed by atoms with Gasteiger partial charge in [-0.05, 0) is 73.5 Å². The molecular formula is C52H107N3O12. The van der Waals surface area contributed by atoms with Gasteiger partial charge in [0.1, 0.15) is 0 Å². The van der Waals surface area contributed by atoms with Gasteiger partial charge in [-0.3, -0.25) is 14.4 Å². The van der Waals surface area contributed by atoms with Crippen molar-refractivity contribution in [2.75, 3.05) is 139 Å². The Morgan fingerprint density at radius 1 is 0.313 bits per heavy atom. The smallest absolute Gasteiger partial charge is 0.222 e. The van der Waals surface area contributed by atoms with Crippen LogP contribution in [0.15, 0.2) is 0 Å². The largest absolute Gasteiger partial charge is 0.381 e. The number of hydrogen-bond acceptors (Lipinski definition) is 12. The minimum absolute atomic E-state index is 0.0389. The van der Waals surface area contributed by atoms with E-state index in [1.807, 2.05) is 0 Å². The van der Waals surface area contributed by atoms with Gasteiger partial charge in [0.05, 0.1) is 85.9 Å². The van der Waals surface area contributed by atoms with E-state index in [-0.39, 0.29) is 23.1 Å². The predicted molar refractivity (Wildman–Crippen MR) is 272 cm³/mol. The summed E-state index contributed by atoms with van der Waals surface area (Å²) in [5.41, 5.74) is 0.279. The van der Waals surface area contributed by atoms with Crippen molar-refractivity contribution in [3.63, 3.8) is 0 Å². The summed E-state index contributed by atoms with van der Waals surface area (Å²) in [5, 5.41) is 8.55. The minimum atomic E-state index is -0.0436. The SMILES string of the molecule is CC(C)CCOCCC(=O)NCCC(C)(C)C.CC(C)CCOCCNC(=O)CCOCCC(C)C.CC(C)CCOCCOCCOCCNC(=O)CCOCCOCCOCCC(C)C. The van der Waals surface area contributed by atoms with Crippen LogP contribution in [0.4, 0.5) is 0 Å². The summed E-state index contributed by atoms with van der Waals surface area (Å²) in [6, 6.07) is 0. The maximum absolute atomic E-state index is 11.7. The van der Waals surface area contributed by atoms with Gasteiger partial charge in [-0.15, -0.1) is 0 Å². The summed E-state index contributed by atoms with van der Waals surface area (Å²) in [4.78, 5) is 34.6.